The first-order valence-corrected chi connectivity index (χ1v) is 6.64. The molecule has 0 saturated carbocycles. The van der Waals surface area contributed by atoms with E-state index in [1.54, 1.807) is 6.92 Å². The van der Waals surface area contributed by atoms with Crippen molar-refractivity contribution < 1.29 is 24.2 Å². The first kappa shape index (κ1) is 17.0. The molecule has 1 aromatic rings. The third-order valence-corrected chi connectivity index (χ3v) is 2.88. The normalized spacial score (nSPS) is 13.1. The molecule has 0 aliphatic carbocycles. The molecule has 0 bridgehead atoms. The van der Waals surface area contributed by atoms with E-state index >= 15 is 0 Å². The fourth-order valence-corrected chi connectivity index (χ4v) is 1.49. The Morgan fingerprint density at radius 2 is 1.90 bits per heavy atom. The maximum Gasteiger partial charge on any atom is 0.407 e. The van der Waals surface area contributed by atoms with E-state index in [4.69, 9.17) is 9.47 Å². The Labute approximate surface area is 124 Å². The van der Waals surface area contributed by atoms with Gasteiger partial charge in [0.1, 0.15) is 13.2 Å². The van der Waals surface area contributed by atoms with Gasteiger partial charge in [0, 0.05) is 18.9 Å². The van der Waals surface area contributed by atoms with Crippen LogP contribution in [-0.4, -0.2) is 36.9 Å². The second-order valence-corrected chi connectivity index (χ2v) is 5.16. The highest BCUT2D eigenvalue weighted by atomic mass is 16.5. The van der Waals surface area contributed by atoms with Crippen molar-refractivity contribution in [3.05, 3.63) is 35.9 Å². The monoisotopic (exact) mass is 295 g/mol. The minimum Gasteiger partial charge on any atom is -0.465 e. The minimum atomic E-state index is -0.739. The Morgan fingerprint density at radius 3 is 2.48 bits per heavy atom. The highest BCUT2D eigenvalue weighted by molar-refractivity contribution is 5.67. The van der Waals surface area contributed by atoms with Crippen molar-refractivity contribution in [1.29, 1.82) is 0 Å². The molecule has 0 unspecified atom stereocenters. The van der Waals surface area contributed by atoms with Crippen molar-refractivity contribution in [2.75, 3.05) is 19.8 Å². The van der Waals surface area contributed by atoms with Crippen LogP contribution in [0, 0.1) is 5.41 Å². The van der Waals surface area contributed by atoms with Gasteiger partial charge in [0.2, 0.25) is 0 Å². The molecular weight excluding hydrogens is 274 g/mol. The van der Waals surface area contributed by atoms with Crippen LogP contribution in [0.4, 0.5) is 4.79 Å². The predicted octanol–water partition coefficient (Wildman–Crippen LogP) is 1.47. The van der Waals surface area contributed by atoms with E-state index in [1.807, 2.05) is 30.3 Å². The molecule has 0 heterocycles. The number of aliphatic hydroxyl groups excluding tert-OH is 1. The Bertz CT molecular complexity index is 462. The van der Waals surface area contributed by atoms with Gasteiger partial charge in [0.15, 0.2) is 0 Å². The lowest BCUT2D eigenvalue weighted by Gasteiger charge is -2.26. The maximum atomic E-state index is 11.6. The Balaban J connectivity index is 2.34. The van der Waals surface area contributed by atoms with E-state index in [1.165, 1.54) is 6.92 Å². The third-order valence-electron chi connectivity index (χ3n) is 2.88. The lowest BCUT2D eigenvalue weighted by atomic mass is 9.93. The molecule has 6 nitrogen and oxygen atoms in total. The third kappa shape index (κ3) is 6.76. The molecule has 0 radical (unpaired) electrons. The van der Waals surface area contributed by atoms with E-state index in [0.29, 0.717) is 0 Å². The quantitative estimate of drug-likeness (QED) is 0.744. The number of alkyl carbamates (subject to hydrolysis) is 1. The van der Waals surface area contributed by atoms with Crippen LogP contribution in [0.1, 0.15) is 19.4 Å². The molecular formula is C15H21NO5. The van der Waals surface area contributed by atoms with Crippen LogP contribution in [0.3, 0.4) is 0 Å². The van der Waals surface area contributed by atoms with Crippen LogP contribution in [0.25, 0.3) is 0 Å². The summed E-state index contributed by atoms with van der Waals surface area (Å²) in [7, 11) is 0. The van der Waals surface area contributed by atoms with Gasteiger partial charge in [-0.05, 0) is 5.56 Å². The fourth-order valence-electron chi connectivity index (χ4n) is 1.49. The van der Waals surface area contributed by atoms with E-state index in [2.05, 4.69) is 5.32 Å². The van der Waals surface area contributed by atoms with Gasteiger partial charge in [0.05, 0.1) is 6.61 Å². The number of carbonyl (C=O) groups excluding carboxylic acids is 2. The van der Waals surface area contributed by atoms with Crippen LogP contribution in [0.15, 0.2) is 30.3 Å². The fraction of sp³-hybridized carbons (Fsp3) is 0.467. The zero-order chi connectivity index (χ0) is 15.7. The lowest BCUT2D eigenvalue weighted by Crippen LogP contribution is -2.41. The van der Waals surface area contributed by atoms with E-state index in [-0.39, 0.29) is 26.4 Å². The molecule has 0 spiro atoms. The van der Waals surface area contributed by atoms with Gasteiger partial charge in [-0.25, -0.2) is 4.79 Å². The number of esters is 1. The average Bonchev–Trinajstić information content (AvgIpc) is 2.50. The highest BCUT2D eigenvalue weighted by Gasteiger charge is 2.26. The lowest BCUT2D eigenvalue weighted by molar-refractivity contribution is -0.145. The first-order valence-electron chi connectivity index (χ1n) is 6.64. The summed E-state index contributed by atoms with van der Waals surface area (Å²) >= 11 is 0. The van der Waals surface area contributed by atoms with Crippen LogP contribution in [0.5, 0.6) is 0 Å². The van der Waals surface area contributed by atoms with Crippen LogP contribution >= 0.6 is 0 Å². The molecule has 1 rings (SSSR count). The van der Waals surface area contributed by atoms with Crippen LogP contribution in [0.2, 0.25) is 0 Å². The number of aliphatic hydroxyl groups is 1. The number of hydrogen-bond acceptors (Lipinski definition) is 5. The van der Waals surface area contributed by atoms with Crippen molar-refractivity contribution in [3.8, 4) is 0 Å². The molecule has 116 valence electrons. The van der Waals surface area contributed by atoms with Gasteiger partial charge in [-0.3, -0.25) is 4.79 Å². The summed E-state index contributed by atoms with van der Waals surface area (Å²) in [6.07, 6.45) is -0.582. The smallest absolute Gasteiger partial charge is 0.407 e. The summed E-state index contributed by atoms with van der Waals surface area (Å²) in [5, 5.41) is 11.9. The molecule has 2 N–H and O–H groups in total. The zero-order valence-corrected chi connectivity index (χ0v) is 12.3. The topological polar surface area (TPSA) is 84.9 Å². The molecule has 6 heteroatoms. The Hall–Kier alpha value is -2.08. The number of nitrogens with one attached hydrogen (secondary N) is 1. The Morgan fingerprint density at radius 1 is 1.24 bits per heavy atom. The average molecular weight is 295 g/mol. The first-order chi connectivity index (χ1) is 9.95. The molecule has 21 heavy (non-hydrogen) atoms. The van der Waals surface area contributed by atoms with Crippen LogP contribution in [-0.2, 0) is 20.9 Å². The van der Waals surface area contributed by atoms with Gasteiger partial charge in [-0.15, -0.1) is 0 Å². The molecule has 0 aliphatic heterocycles. The number of carbonyl (C=O) groups is 2. The number of hydrogen-bond donors (Lipinski definition) is 2. The highest BCUT2D eigenvalue weighted by Crippen LogP contribution is 2.14. The molecule has 0 saturated heterocycles. The van der Waals surface area contributed by atoms with E-state index in [0.717, 1.165) is 5.56 Å². The van der Waals surface area contributed by atoms with Gasteiger partial charge >= 0.3 is 12.1 Å². The Kier molecular flexibility index (Phi) is 6.68. The molecule has 0 aromatic heterocycles. The largest absolute Gasteiger partial charge is 0.465 e. The van der Waals surface area contributed by atoms with Gasteiger partial charge in [-0.2, -0.15) is 0 Å². The van der Waals surface area contributed by atoms with E-state index < -0.39 is 17.5 Å². The summed E-state index contributed by atoms with van der Waals surface area (Å²) in [6, 6.07) is 9.31. The second kappa shape index (κ2) is 8.26. The van der Waals surface area contributed by atoms with Crippen molar-refractivity contribution in [3.63, 3.8) is 0 Å². The summed E-state index contributed by atoms with van der Waals surface area (Å²) < 4.78 is 9.92. The van der Waals surface area contributed by atoms with Gasteiger partial charge in [-0.1, -0.05) is 37.3 Å². The molecule has 1 aromatic carbocycles. The maximum absolute atomic E-state index is 11.6. The summed E-state index contributed by atoms with van der Waals surface area (Å²) in [5.74, 6) is -0.429. The van der Waals surface area contributed by atoms with Crippen LogP contribution < -0.4 is 5.32 Å². The summed E-state index contributed by atoms with van der Waals surface area (Å²) in [4.78, 5) is 22.4. The predicted molar refractivity (Wildman–Crippen MR) is 76.5 cm³/mol. The SMILES string of the molecule is CC(=O)OC[C@@](C)(CO)CNC(=O)OCc1ccccc1. The summed E-state index contributed by atoms with van der Waals surface area (Å²) in [5.41, 5.74) is 0.148. The molecule has 0 fully saturated rings. The number of benzene rings is 1. The summed E-state index contributed by atoms with van der Waals surface area (Å²) in [6.45, 7) is 3.11. The van der Waals surface area contributed by atoms with Gasteiger partial charge < -0.3 is 19.9 Å². The van der Waals surface area contributed by atoms with Crippen molar-refractivity contribution in [2.24, 2.45) is 5.41 Å². The standard InChI is InChI=1S/C15H21NO5/c1-12(18)21-11-15(2,10-17)9-16-14(19)20-8-13-6-4-3-5-7-13/h3-7,17H,8-11H2,1-2H3,(H,16,19)/t15-/m1/s1. The number of rotatable bonds is 7. The van der Waals surface area contributed by atoms with Crippen molar-refractivity contribution in [1.82, 2.24) is 5.32 Å². The van der Waals surface area contributed by atoms with Crippen molar-refractivity contribution >= 4 is 12.1 Å². The van der Waals surface area contributed by atoms with E-state index in [9.17, 15) is 14.7 Å². The zero-order valence-electron chi connectivity index (χ0n) is 12.3. The molecule has 1 atom stereocenters. The second-order valence-electron chi connectivity index (χ2n) is 5.16. The van der Waals surface area contributed by atoms with Gasteiger partial charge in [0.25, 0.3) is 0 Å². The number of ether oxygens (including phenoxy) is 2. The molecule has 1 amide bonds. The number of amides is 1. The molecule has 0 aliphatic rings. The minimum absolute atomic E-state index is 0.0256. The van der Waals surface area contributed by atoms with Crippen molar-refractivity contribution in [2.45, 2.75) is 20.5 Å².